The zero-order valence-corrected chi connectivity index (χ0v) is 21.0. The maximum Gasteiger partial charge on any atom is 0.340 e. The molecule has 0 aliphatic rings. The largest absolute Gasteiger partial charge is 0.494 e. The SMILES string of the molecule is COC(=O)c1ccc(C(=O)OC)c(/N=N\C(C(C)=O)C(=O)N(C)c2cc3[nH]c(=O)c(=O)[nH]c3cc2OC)c1. The van der Waals surface area contributed by atoms with Crippen LogP contribution in [0.5, 0.6) is 5.75 Å². The second-order valence-electron chi connectivity index (χ2n) is 7.82. The van der Waals surface area contributed by atoms with E-state index in [4.69, 9.17) is 9.47 Å². The van der Waals surface area contributed by atoms with E-state index < -0.39 is 40.8 Å². The molecule has 3 rings (SSSR count). The number of ketones is 1. The molecule has 1 unspecified atom stereocenters. The molecule has 2 N–H and O–H groups in total. The lowest BCUT2D eigenvalue weighted by Crippen LogP contribution is -2.39. The highest BCUT2D eigenvalue weighted by Crippen LogP contribution is 2.31. The number of aromatic amines is 2. The standard InChI is InChI=1S/C24H23N5O9/c1-11(30)19(28-27-14-8-12(23(34)37-4)6-7-13(14)24(35)38-5)22(33)29(2)17-9-15-16(10-18(17)36-3)26-21(32)20(31)25-15/h6-10,19H,1-5H3,(H,25,31)(H,26,32)/b28-27-. The number of azo groups is 1. The topological polar surface area (TPSA) is 190 Å². The third kappa shape index (κ3) is 5.48. The summed E-state index contributed by atoms with van der Waals surface area (Å²) in [6.07, 6.45) is 0. The number of rotatable bonds is 8. The maximum absolute atomic E-state index is 13.3. The van der Waals surface area contributed by atoms with Crippen LogP contribution in [0.4, 0.5) is 11.4 Å². The number of methoxy groups -OCH3 is 3. The normalized spacial score (nSPS) is 11.7. The molecule has 0 fully saturated rings. The molecule has 0 aliphatic carbocycles. The number of anilines is 1. The number of likely N-dealkylation sites (N-methyl/N-ethyl adjacent to an activating group) is 1. The van der Waals surface area contributed by atoms with Crippen LogP contribution in [0.2, 0.25) is 0 Å². The average molecular weight is 525 g/mol. The average Bonchev–Trinajstić information content (AvgIpc) is 2.91. The van der Waals surface area contributed by atoms with Crippen molar-refractivity contribution in [3.05, 3.63) is 62.2 Å². The van der Waals surface area contributed by atoms with Gasteiger partial charge in [0.15, 0.2) is 5.78 Å². The number of Topliss-reactive ketones (excluding diaryl/α,β-unsaturated/α-hetero) is 1. The van der Waals surface area contributed by atoms with Gasteiger partial charge in [-0.05, 0) is 31.2 Å². The minimum Gasteiger partial charge on any atom is -0.494 e. The molecule has 0 saturated carbocycles. The Morgan fingerprint density at radius 1 is 0.895 bits per heavy atom. The van der Waals surface area contributed by atoms with Gasteiger partial charge in [-0.3, -0.25) is 19.2 Å². The van der Waals surface area contributed by atoms with Crippen molar-refractivity contribution in [3.8, 4) is 5.75 Å². The first-order valence-electron chi connectivity index (χ1n) is 10.9. The highest BCUT2D eigenvalue weighted by Gasteiger charge is 2.29. The number of esters is 2. The first kappa shape index (κ1) is 27.4. The lowest BCUT2D eigenvalue weighted by Gasteiger charge is -2.22. The zero-order valence-electron chi connectivity index (χ0n) is 21.0. The first-order chi connectivity index (χ1) is 18.0. The number of H-pyrrole nitrogens is 2. The summed E-state index contributed by atoms with van der Waals surface area (Å²) in [5.74, 6) is -2.85. The molecule has 1 aromatic heterocycles. The second kappa shape index (κ2) is 11.3. The lowest BCUT2D eigenvalue weighted by molar-refractivity contribution is -0.127. The number of nitrogens with zero attached hydrogens (tertiary/aromatic N) is 3. The van der Waals surface area contributed by atoms with Crippen molar-refractivity contribution in [2.24, 2.45) is 10.2 Å². The van der Waals surface area contributed by atoms with Gasteiger partial charge in [0.1, 0.15) is 11.4 Å². The Morgan fingerprint density at radius 3 is 2.05 bits per heavy atom. The fourth-order valence-electron chi connectivity index (χ4n) is 3.43. The van der Waals surface area contributed by atoms with Crippen molar-refractivity contribution in [2.45, 2.75) is 13.0 Å². The van der Waals surface area contributed by atoms with Crippen LogP contribution in [0.3, 0.4) is 0 Å². The fourth-order valence-corrected chi connectivity index (χ4v) is 3.43. The van der Waals surface area contributed by atoms with Crippen LogP contribution in [0.1, 0.15) is 27.6 Å². The van der Waals surface area contributed by atoms with Gasteiger partial charge in [0.2, 0.25) is 6.04 Å². The van der Waals surface area contributed by atoms with Crippen molar-refractivity contribution in [2.75, 3.05) is 33.3 Å². The third-order valence-corrected chi connectivity index (χ3v) is 5.44. The number of hydrogen-bond donors (Lipinski definition) is 2. The summed E-state index contributed by atoms with van der Waals surface area (Å²) in [6, 6.07) is 4.93. The number of aromatic nitrogens is 2. The number of benzene rings is 2. The first-order valence-corrected chi connectivity index (χ1v) is 10.9. The molecule has 3 aromatic rings. The van der Waals surface area contributed by atoms with Gasteiger partial charge in [-0.15, -0.1) is 0 Å². The van der Waals surface area contributed by atoms with Gasteiger partial charge in [0.05, 0.1) is 49.2 Å². The van der Waals surface area contributed by atoms with Crippen molar-refractivity contribution < 1.29 is 33.4 Å². The van der Waals surface area contributed by atoms with E-state index in [1.807, 2.05) is 0 Å². The van der Waals surface area contributed by atoms with Crippen LogP contribution in [-0.4, -0.2) is 68.0 Å². The quantitative estimate of drug-likeness (QED) is 0.190. The van der Waals surface area contributed by atoms with Crippen LogP contribution in [0.25, 0.3) is 11.0 Å². The smallest absolute Gasteiger partial charge is 0.340 e. The Hall–Kier alpha value is -5.14. The molecule has 0 bridgehead atoms. The Bertz CT molecular complexity index is 1590. The highest BCUT2D eigenvalue weighted by molar-refractivity contribution is 6.12. The molecule has 14 nitrogen and oxygen atoms in total. The van der Waals surface area contributed by atoms with Crippen LogP contribution in [0, 0.1) is 0 Å². The summed E-state index contributed by atoms with van der Waals surface area (Å²) in [5.41, 5.74) is -1.31. The molecule has 0 saturated heterocycles. The van der Waals surface area contributed by atoms with E-state index in [0.29, 0.717) is 0 Å². The molecule has 0 aliphatic heterocycles. The van der Waals surface area contributed by atoms with Gasteiger partial charge in [-0.2, -0.15) is 10.2 Å². The third-order valence-electron chi connectivity index (χ3n) is 5.44. The molecule has 2 aromatic carbocycles. The Morgan fingerprint density at radius 2 is 1.50 bits per heavy atom. The van der Waals surface area contributed by atoms with Crippen LogP contribution in [0.15, 0.2) is 50.1 Å². The molecular formula is C24H23N5O9. The van der Waals surface area contributed by atoms with E-state index in [1.54, 1.807) is 0 Å². The molecular weight excluding hydrogens is 502 g/mol. The Labute approximate surface area is 214 Å². The van der Waals surface area contributed by atoms with E-state index >= 15 is 0 Å². The van der Waals surface area contributed by atoms with Crippen molar-refractivity contribution in [3.63, 3.8) is 0 Å². The molecule has 1 amide bonds. The summed E-state index contributed by atoms with van der Waals surface area (Å²) in [5, 5.41) is 7.78. The van der Waals surface area contributed by atoms with Crippen molar-refractivity contribution in [1.29, 1.82) is 0 Å². The molecule has 38 heavy (non-hydrogen) atoms. The van der Waals surface area contributed by atoms with Gasteiger partial charge < -0.3 is 29.1 Å². The van der Waals surface area contributed by atoms with Crippen LogP contribution in [-0.2, 0) is 19.1 Å². The highest BCUT2D eigenvalue weighted by atomic mass is 16.5. The van der Waals surface area contributed by atoms with Crippen LogP contribution < -0.4 is 20.8 Å². The van der Waals surface area contributed by atoms with Crippen molar-refractivity contribution >= 4 is 46.0 Å². The lowest BCUT2D eigenvalue weighted by atomic mass is 10.1. The van der Waals surface area contributed by atoms with Gasteiger partial charge in [0.25, 0.3) is 5.91 Å². The molecule has 14 heteroatoms. The Kier molecular flexibility index (Phi) is 8.15. The van der Waals surface area contributed by atoms with E-state index in [-0.39, 0.29) is 39.3 Å². The van der Waals surface area contributed by atoms with Crippen molar-refractivity contribution in [1.82, 2.24) is 9.97 Å². The van der Waals surface area contributed by atoms with Gasteiger partial charge in [-0.1, -0.05) is 0 Å². The monoisotopic (exact) mass is 525 g/mol. The van der Waals surface area contributed by atoms with Crippen LogP contribution >= 0.6 is 0 Å². The summed E-state index contributed by atoms with van der Waals surface area (Å²) in [7, 11) is 5.00. The number of carbonyl (C=O) groups excluding carboxylic acids is 4. The number of amides is 1. The number of fused-ring (bicyclic) bond motifs is 1. The maximum atomic E-state index is 13.3. The van der Waals surface area contributed by atoms with E-state index in [1.165, 1.54) is 51.6 Å². The molecule has 1 atom stereocenters. The second-order valence-corrected chi connectivity index (χ2v) is 7.82. The molecule has 0 radical (unpaired) electrons. The molecule has 198 valence electrons. The Balaban J connectivity index is 2.05. The predicted octanol–water partition coefficient (Wildman–Crippen LogP) is 1.50. The van der Waals surface area contributed by atoms with E-state index in [2.05, 4.69) is 24.9 Å². The summed E-state index contributed by atoms with van der Waals surface area (Å²) < 4.78 is 14.7. The fraction of sp³-hybridized carbons (Fsp3) is 0.250. The van der Waals surface area contributed by atoms with E-state index in [0.717, 1.165) is 18.9 Å². The summed E-state index contributed by atoms with van der Waals surface area (Å²) >= 11 is 0. The van der Waals surface area contributed by atoms with Gasteiger partial charge in [-0.25, -0.2) is 9.59 Å². The minimum atomic E-state index is -1.65. The minimum absolute atomic E-state index is 0.0462. The summed E-state index contributed by atoms with van der Waals surface area (Å²) in [4.78, 5) is 79.1. The number of hydrogen-bond acceptors (Lipinski definition) is 11. The molecule has 0 spiro atoms. The van der Waals surface area contributed by atoms with Gasteiger partial charge >= 0.3 is 23.1 Å². The molecule has 1 heterocycles. The zero-order chi connectivity index (χ0) is 28.1. The number of ether oxygens (including phenoxy) is 3. The van der Waals surface area contributed by atoms with E-state index in [9.17, 15) is 28.8 Å². The number of carbonyl (C=O) groups is 4. The summed E-state index contributed by atoms with van der Waals surface area (Å²) in [6.45, 7) is 1.13. The predicted molar refractivity (Wildman–Crippen MR) is 133 cm³/mol. The van der Waals surface area contributed by atoms with Gasteiger partial charge in [0, 0.05) is 13.1 Å². The number of nitrogens with one attached hydrogen (secondary N) is 2.